The van der Waals surface area contributed by atoms with Crippen LogP contribution in [0, 0.1) is 0 Å². The molecular formula is C51H31N5O. The minimum Gasteiger partial charge on any atom is -0.456 e. The first-order valence-electron chi connectivity index (χ1n) is 19.1. The summed E-state index contributed by atoms with van der Waals surface area (Å²) < 4.78 is 11.2. The molecule has 0 saturated heterocycles. The second-order valence-corrected chi connectivity index (χ2v) is 14.5. The van der Waals surface area contributed by atoms with Crippen molar-refractivity contribution in [3.05, 3.63) is 188 Å². The molecule has 6 heteroatoms. The molecule has 4 heterocycles. The second kappa shape index (κ2) is 12.3. The van der Waals surface area contributed by atoms with Crippen LogP contribution >= 0.6 is 0 Å². The normalized spacial score (nSPS) is 11.9. The highest BCUT2D eigenvalue weighted by atomic mass is 16.3. The van der Waals surface area contributed by atoms with Crippen LogP contribution in [0.15, 0.2) is 192 Å². The van der Waals surface area contributed by atoms with E-state index in [-0.39, 0.29) is 0 Å². The fourth-order valence-corrected chi connectivity index (χ4v) is 8.55. The molecule has 4 aromatic heterocycles. The number of rotatable bonds is 5. The number of hydrogen-bond donors (Lipinski definition) is 0. The van der Waals surface area contributed by atoms with E-state index in [9.17, 15) is 0 Å². The van der Waals surface area contributed by atoms with E-state index in [4.69, 9.17) is 19.4 Å². The Hall–Kier alpha value is -7.83. The van der Waals surface area contributed by atoms with Crippen molar-refractivity contribution in [3.63, 3.8) is 0 Å². The molecule has 6 nitrogen and oxygen atoms in total. The SMILES string of the molecule is c1ccc(-c2nc(-c3ccccc3)nc(-c3cccc(-n4c5ccccc5c5cc6c(cc54)c4cc5oc7ccccc7c5cc4n6-c4ccccc4)c3)n2)cc1. The third-order valence-electron chi connectivity index (χ3n) is 11.1. The van der Waals surface area contributed by atoms with Gasteiger partial charge < -0.3 is 13.6 Å². The van der Waals surface area contributed by atoms with Crippen LogP contribution in [0.2, 0.25) is 0 Å². The Kier molecular flexibility index (Phi) is 6.83. The van der Waals surface area contributed by atoms with Gasteiger partial charge in [-0.1, -0.05) is 127 Å². The van der Waals surface area contributed by atoms with Crippen LogP contribution in [0.4, 0.5) is 0 Å². The molecule has 266 valence electrons. The summed E-state index contributed by atoms with van der Waals surface area (Å²) in [5.74, 6) is 1.89. The van der Waals surface area contributed by atoms with E-state index in [1.165, 1.54) is 10.8 Å². The molecule has 0 bridgehead atoms. The van der Waals surface area contributed by atoms with Crippen molar-refractivity contribution in [1.29, 1.82) is 0 Å². The molecule has 0 amide bonds. The zero-order chi connectivity index (χ0) is 37.5. The van der Waals surface area contributed by atoms with E-state index in [1.54, 1.807) is 0 Å². The van der Waals surface area contributed by atoms with Gasteiger partial charge in [-0.05, 0) is 60.7 Å². The molecule has 0 fully saturated rings. The summed E-state index contributed by atoms with van der Waals surface area (Å²) in [6.45, 7) is 0. The van der Waals surface area contributed by atoms with Gasteiger partial charge >= 0.3 is 0 Å². The quantitative estimate of drug-likeness (QED) is 0.177. The van der Waals surface area contributed by atoms with Gasteiger partial charge in [-0.2, -0.15) is 0 Å². The van der Waals surface area contributed by atoms with Gasteiger partial charge in [-0.3, -0.25) is 0 Å². The van der Waals surface area contributed by atoms with Crippen molar-refractivity contribution in [2.45, 2.75) is 0 Å². The lowest BCUT2D eigenvalue weighted by Gasteiger charge is -2.12. The van der Waals surface area contributed by atoms with Crippen molar-refractivity contribution in [3.8, 4) is 45.5 Å². The summed E-state index contributed by atoms with van der Waals surface area (Å²) >= 11 is 0. The predicted octanol–water partition coefficient (Wildman–Crippen LogP) is 13.0. The fraction of sp³-hybridized carbons (Fsp3) is 0. The van der Waals surface area contributed by atoms with Crippen molar-refractivity contribution < 1.29 is 4.42 Å². The summed E-state index contributed by atoms with van der Waals surface area (Å²) in [6.07, 6.45) is 0. The summed E-state index contributed by atoms with van der Waals surface area (Å²) in [4.78, 5) is 15.0. The summed E-state index contributed by atoms with van der Waals surface area (Å²) in [6, 6.07) is 65.6. The number of aromatic nitrogens is 5. The Balaban J connectivity index is 1.12. The van der Waals surface area contributed by atoms with Gasteiger partial charge in [0.25, 0.3) is 0 Å². The Morgan fingerprint density at radius 3 is 1.46 bits per heavy atom. The molecule has 8 aromatic carbocycles. The van der Waals surface area contributed by atoms with E-state index in [0.717, 1.165) is 82.8 Å². The first-order chi connectivity index (χ1) is 28.2. The van der Waals surface area contributed by atoms with Crippen LogP contribution in [0.3, 0.4) is 0 Å². The number of nitrogens with zero attached hydrogens (tertiary/aromatic N) is 5. The topological polar surface area (TPSA) is 61.7 Å². The predicted molar refractivity (Wildman–Crippen MR) is 232 cm³/mol. The Morgan fingerprint density at radius 1 is 0.298 bits per heavy atom. The highest BCUT2D eigenvalue weighted by molar-refractivity contribution is 6.22. The summed E-state index contributed by atoms with van der Waals surface area (Å²) in [5, 5.41) is 6.88. The molecule has 57 heavy (non-hydrogen) atoms. The third kappa shape index (κ3) is 4.94. The number of benzene rings is 8. The molecule has 0 unspecified atom stereocenters. The standard InChI is InChI=1S/C51H31N5O/c1-4-15-32(16-5-1)49-52-50(33-17-6-2-7-18-33)54-51(53-49)34-19-14-22-36(27-34)56-43-25-12-10-23-37(43)39-28-45-40(29-44(39)56)41-31-48-42(38-24-11-13-26-47(38)57-48)30-46(41)55(45)35-20-8-3-9-21-35/h1-31H. The maximum Gasteiger partial charge on any atom is 0.164 e. The zero-order valence-corrected chi connectivity index (χ0v) is 30.5. The van der Waals surface area contributed by atoms with Gasteiger partial charge in [0, 0.05) is 60.4 Å². The van der Waals surface area contributed by atoms with Crippen molar-refractivity contribution in [1.82, 2.24) is 24.1 Å². The molecule has 0 aliphatic carbocycles. The van der Waals surface area contributed by atoms with Crippen LogP contribution in [-0.2, 0) is 0 Å². The molecule has 12 aromatic rings. The highest BCUT2D eigenvalue weighted by Gasteiger charge is 2.21. The van der Waals surface area contributed by atoms with E-state index in [0.29, 0.717) is 17.5 Å². The summed E-state index contributed by atoms with van der Waals surface area (Å²) in [5.41, 5.74) is 11.2. The van der Waals surface area contributed by atoms with Crippen molar-refractivity contribution >= 4 is 65.6 Å². The smallest absolute Gasteiger partial charge is 0.164 e. The first kappa shape index (κ1) is 31.5. The zero-order valence-electron chi connectivity index (χ0n) is 30.5. The Labute approximate surface area is 326 Å². The van der Waals surface area contributed by atoms with Gasteiger partial charge in [0.05, 0.1) is 22.1 Å². The fourth-order valence-electron chi connectivity index (χ4n) is 8.55. The molecule has 0 aliphatic rings. The van der Waals surface area contributed by atoms with Gasteiger partial charge in [-0.15, -0.1) is 0 Å². The molecular weight excluding hydrogens is 699 g/mol. The number of hydrogen-bond acceptors (Lipinski definition) is 4. The highest BCUT2D eigenvalue weighted by Crippen LogP contribution is 2.42. The Morgan fingerprint density at radius 2 is 0.772 bits per heavy atom. The lowest BCUT2D eigenvalue weighted by atomic mass is 10.1. The molecule has 0 N–H and O–H groups in total. The number of furan rings is 1. The lowest BCUT2D eigenvalue weighted by Crippen LogP contribution is -2.01. The average Bonchev–Trinajstić information content (AvgIpc) is 3.92. The summed E-state index contributed by atoms with van der Waals surface area (Å²) in [7, 11) is 0. The van der Waals surface area contributed by atoms with Crippen molar-refractivity contribution in [2.24, 2.45) is 0 Å². The van der Waals surface area contributed by atoms with E-state index in [2.05, 4.69) is 124 Å². The molecule has 0 spiro atoms. The van der Waals surface area contributed by atoms with Crippen LogP contribution in [0.5, 0.6) is 0 Å². The average molecular weight is 730 g/mol. The van der Waals surface area contributed by atoms with Crippen LogP contribution in [0.25, 0.3) is 111 Å². The number of fused-ring (bicyclic) bond motifs is 9. The third-order valence-corrected chi connectivity index (χ3v) is 11.1. The van der Waals surface area contributed by atoms with E-state index < -0.39 is 0 Å². The van der Waals surface area contributed by atoms with Crippen LogP contribution in [0.1, 0.15) is 0 Å². The van der Waals surface area contributed by atoms with Crippen LogP contribution in [-0.4, -0.2) is 24.1 Å². The number of para-hydroxylation sites is 3. The molecule has 0 aliphatic heterocycles. The van der Waals surface area contributed by atoms with Gasteiger partial charge in [0.15, 0.2) is 17.5 Å². The largest absolute Gasteiger partial charge is 0.456 e. The molecule has 12 rings (SSSR count). The monoisotopic (exact) mass is 729 g/mol. The molecule has 0 saturated carbocycles. The molecule has 0 radical (unpaired) electrons. The maximum absolute atomic E-state index is 6.45. The van der Waals surface area contributed by atoms with Gasteiger partial charge in [0.2, 0.25) is 0 Å². The molecule has 0 atom stereocenters. The minimum absolute atomic E-state index is 0.619. The van der Waals surface area contributed by atoms with Crippen molar-refractivity contribution in [2.75, 3.05) is 0 Å². The second-order valence-electron chi connectivity index (χ2n) is 14.5. The van der Waals surface area contributed by atoms with Gasteiger partial charge in [-0.25, -0.2) is 15.0 Å². The van der Waals surface area contributed by atoms with E-state index in [1.807, 2.05) is 72.8 Å². The Bertz CT molecular complexity index is 3450. The first-order valence-corrected chi connectivity index (χ1v) is 19.1. The lowest BCUT2D eigenvalue weighted by molar-refractivity contribution is 0.669. The van der Waals surface area contributed by atoms with Gasteiger partial charge in [0.1, 0.15) is 11.2 Å². The van der Waals surface area contributed by atoms with E-state index >= 15 is 0 Å². The minimum atomic E-state index is 0.619. The maximum atomic E-state index is 6.45. The van der Waals surface area contributed by atoms with Crippen LogP contribution < -0.4 is 0 Å².